The number of carbonyl (C=O) groups is 3. The quantitative estimate of drug-likeness (QED) is 0.218. The van der Waals surface area contributed by atoms with Gasteiger partial charge in [-0.05, 0) is 65.0 Å². The molecule has 7 nitrogen and oxygen atoms in total. The van der Waals surface area contributed by atoms with Crippen LogP contribution in [0.15, 0.2) is 24.3 Å². The van der Waals surface area contributed by atoms with Crippen molar-refractivity contribution in [2.24, 2.45) is 10.8 Å². The Morgan fingerprint density at radius 1 is 0.964 bits per heavy atom. The fraction of sp³-hybridized carbons (Fsp3) is 0.550. The molecule has 1 rings (SSSR count). The van der Waals surface area contributed by atoms with Gasteiger partial charge in [-0.15, -0.1) is 0 Å². The summed E-state index contributed by atoms with van der Waals surface area (Å²) in [5, 5.41) is 2.63. The number of amides is 1. The predicted octanol–water partition coefficient (Wildman–Crippen LogP) is 4.72. The molecule has 0 aliphatic rings. The van der Waals surface area contributed by atoms with Gasteiger partial charge in [-0.2, -0.15) is 4.67 Å². The van der Waals surface area contributed by atoms with Gasteiger partial charge in [0.25, 0.3) is 0 Å². The molecule has 0 fully saturated rings. The van der Waals surface area contributed by atoms with Gasteiger partial charge >= 0.3 is 11.9 Å². The number of nitrogens with one attached hydrogen (secondary N) is 1. The SMILES string of the molecule is CC.CPOOC(=O)C(C)(C)CC(C)(C)C(=O)Oc1ccc(NC(C)=O)cc1. The second-order valence-electron chi connectivity index (χ2n) is 7.20. The molecule has 28 heavy (non-hydrogen) atoms. The van der Waals surface area contributed by atoms with E-state index in [0.717, 1.165) is 0 Å². The molecule has 0 bridgehead atoms. The van der Waals surface area contributed by atoms with Crippen LogP contribution < -0.4 is 10.1 Å². The maximum Gasteiger partial charge on any atom is 0.348 e. The van der Waals surface area contributed by atoms with Gasteiger partial charge in [-0.1, -0.05) is 13.8 Å². The first-order valence-corrected chi connectivity index (χ1v) is 10.5. The van der Waals surface area contributed by atoms with Crippen LogP contribution in [-0.4, -0.2) is 24.5 Å². The van der Waals surface area contributed by atoms with E-state index in [0.29, 0.717) is 11.4 Å². The second-order valence-corrected chi connectivity index (χ2v) is 7.77. The highest BCUT2D eigenvalue weighted by atomic mass is 31.1. The summed E-state index contributed by atoms with van der Waals surface area (Å²) >= 11 is 0. The van der Waals surface area contributed by atoms with Crippen LogP contribution in [0.25, 0.3) is 0 Å². The Bertz CT molecular complexity index is 655. The number of hydrogen-bond donors (Lipinski definition) is 1. The molecule has 0 aliphatic carbocycles. The summed E-state index contributed by atoms with van der Waals surface area (Å²) in [6.07, 6.45) is 0.220. The van der Waals surface area contributed by atoms with Crippen LogP contribution >= 0.6 is 8.81 Å². The maximum atomic E-state index is 12.5. The fourth-order valence-corrected chi connectivity index (χ4v) is 2.66. The Balaban J connectivity index is 0.00000352. The number of benzene rings is 1. The Morgan fingerprint density at radius 3 is 1.93 bits per heavy atom. The Morgan fingerprint density at radius 2 is 1.46 bits per heavy atom. The highest BCUT2D eigenvalue weighted by molar-refractivity contribution is 7.31. The maximum absolute atomic E-state index is 12.5. The van der Waals surface area contributed by atoms with Crippen molar-refractivity contribution in [3.63, 3.8) is 0 Å². The topological polar surface area (TPSA) is 90.9 Å². The van der Waals surface area contributed by atoms with E-state index >= 15 is 0 Å². The molecule has 1 unspecified atom stereocenters. The fourth-order valence-electron chi connectivity index (χ4n) is 2.50. The number of hydrogen-bond acceptors (Lipinski definition) is 6. The van der Waals surface area contributed by atoms with E-state index in [1.807, 2.05) is 13.8 Å². The lowest BCUT2D eigenvalue weighted by Gasteiger charge is -2.30. The largest absolute Gasteiger partial charge is 0.426 e. The highest BCUT2D eigenvalue weighted by Gasteiger charge is 2.41. The van der Waals surface area contributed by atoms with Crippen molar-refractivity contribution in [1.29, 1.82) is 0 Å². The van der Waals surface area contributed by atoms with Gasteiger partial charge in [0.05, 0.1) is 19.6 Å². The van der Waals surface area contributed by atoms with Crippen molar-refractivity contribution in [2.45, 2.75) is 54.9 Å². The van der Waals surface area contributed by atoms with Gasteiger partial charge < -0.3 is 10.1 Å². The molecule has 1 aromatic rings. The van der Waals surface area contributed by atoms with Gasteiger partial charge in [0.2, 0.25) is 5.91 Å². The van der Waals surface area contributed by atoms with Crippen LogP contribution in [0.4, 0.5) is 5.69 Å². The Labute approximate surface area is 169 Å². The number of ether oxygens (including phenoxy) is 1. The molecular formula is C20H32NO6P. The highest BCUT2D eigenvalue weighted by Crippen LogP contribution is 2.36. The summed E-state index contributed by atoms with van der Waals surface area (Å²) in [6.45, 7) is 13.9. The third-order valence-corrected chi connectivity index (χ3v) is 3.82. The Hall–Kier alpha value is -1.98. The molecule has 0 spiro atoms. The smallest absolute Gasteiger partial charge is 0.348 e. The van der Waals surface area contributed by atoms with Crippen molar-refractivity contribution < 1.29 is 28.7 Å². The minimum atomic E-state index is -0.923. The van der Waals surface area contributed by atoms with Gasteiger partial charge in [0, 0.05) is 12.6 Å². The minimum Gasteiger partial charge on any atom is -0.426 e. The molecule has 0 saturated heterocycles. The van der Waals surface area contributed by atoms with E-state index in [1.165, 1.54) is 6.92 Å². The monoisotopic (exact) mass is 413 g/mol. The molecule has 1 amide bonds. The van der Waals surface area contributed by atoms with Crippen LogP contribution in [0, 0.1) is 10.8 Å². The third kappa shape index (κ3) is 8.81. The van der Waals surface area contributed by atoms with Crippen molar-refractivity contribution in [3.8, 4) is 5.75 Å². The van der Waals surface area contributed by atoms with E-state index in [1.54, 1.807) is 58.6 Å². The number of esters is 1. The molecule has 0 aliphatic heterocycles. The lowest BCUT2D eigenvalue weighted by atomic mass is 9.75. The van der Waals surface area contributed by atoms with Crippen LogP contribution in [0.3, 0.4) is 0 Å². The van der Waals surface area contributed by atoms with Gasteiger partial charge in [-0.3, -0.25) is 14.5 Å². The first-order chi connectivity index (χ1) is 13.0. The number of anilines is 1. The zero-order valence-electron chi connectivity index (χ0n) is 18.0. The summed E-state index contributed by atoms with van der Waals surface area (Å²) in [5.41, 5.74) is -1.23. The van der Waals surface area contributed by atoms with E-state index in [2.05, 4.69) is 5.32 Å². The van der Waals surface area contributed by atoms with E-state index in [4.69, 9.17) is 14.3 Å². The summed E-state index contributed by atoms with van der Waals surface area (Å²) < 4.78 is 10.1. The van der Waals surface area contributed by atoms with Crippen molar-refractivity contribution >= 4 is 32.3 Å². The summed E-state index contributed by atoms with van der Waals surface area (Å²) in [6, 6.07) is 6.46. The zero-order chi connectivity index (χ0) is 22.0. The lowest BCUT2D eigenvalue weighted by Crippen LogP contribution is -2.38. The molecule has 1 atom stereocenters. The standard InChI is InChI=1S/C18H26NO6P.C2H6/c1-12(20)19-13-7-9-14(10-8-13)23-15(21)17(2,3)11-18(4,5)16(22)24-25-26-6;1-2/h7-10,26H,11H2,1-6H3,(H,19,20);1-2H3. The van der Waals surface area contributed by atoms with Crippen LogP contribution in [0.2, 0.25) is 0 Å². The molecule has 8 heteroatoms. The van der Waals surface area contributed by atoms with E-state index < -0.39 is 22.8 Å². The van der Waals surface area contributed by atoms with Gasteiger partial charge in [0.15, 0.2) is 0 Å². The second kappa shape index (κ2) is 11.8. The molecule has 1 aromatic carbocycles. The predicted molar refractivity (Wildman–Crippen MR) is 111 cm³/mol. The molecule has 0 saturated carbocycles. The normalized spacial score (nSPS) is 11.4. The summed E-state index contributed by atoms with van der Waals surface area (Å²) in [7, 11) is 0.0303. The first kappa shape index (κ1) is 26.0. The lowest BCUT2D eigenvalue weighted by molar-refractivity contribution is -0.220. The van der Waals surface area contributed by atoms with Gasteiger partial charge in [-0.25, -0.2) is 4.79 Å². The molecule has 0 heterocycles. The average Bonchev–Trinajstić information content (AvgIpc) is 2.61. The third-order valence-electron chi connectivity index (χ3n) is 3.57. The molecule has 0 radical (unpaired) electrons. The van der Waals surface area contributed by atoms with Crippen molar-refractivity contribution in [1.82, 2.24) is 0 Å². The number of carbonyl (C=O) groups excluding carboxylic acids is 3. The molecule has 1 N–H and O–H groups in total. The van der Waals surface area contributed by atoms with Crippen LogP contribution in [0.1, 0.15) is 54.9 Å². The van der Waals surface area contributed by atoms with Crippen LogP contribution in [-0.2, 0) is 23.9 Å². The summed E-state index contributed by atoms with van der Waals surface area (Å²) in [4.78, 5) is 40.4. The first-order valence-electron chi connectivity index (χ1n) is 9.12. The van der Waals surface area contributed by atoms with E-state index in [-0.39, 0.29) is 21.1 Å². The summed E-state index contributed by atoms with van der Waals surface area (Å²) in [5.74, 6) is -0.832. The molecule has 158 valence electrons. The average molecular weight is 413 g/mol. The van der Waals surface area contributed by atoms with Crippen molar-refractivity contribution in [2.75, 3.05) is 12.0 Å². The van der Waals surface area contributed by atoms with Crippen molar-refractivity contribution in [3.05, 3.63) is 24.3 Å². The molecular weight excluding hydrogens is 381 g/mol. The molecule has 0 aromatic heterocycles. The van der Waals surface area contributed by atoms with E-state index in [9.17, 15) is 14.4 Å². The van der Waals surface area contributed by atoms with Gasteiger partial charge in [0.1, 0.15) is 5.75 Å². The number of rotatable bonds is 8. The van der Waals surface area contributed by atoms with Crippen LogP contribution in [0.5, 0.6) is 5.75 Å². The zero-order valence-corrected chi connectivity index (χ0v) is 19.0. The Kier molecular flexibility index (Phi) is 10.9. The minimum absolute atomic E-state index is 0.0303.